The van der Waals surface area contributed by atoms with Gasteiger partial charge in [-0.3, -0.25) is 0 Å². The average Bonchev–Trinajstić information content (AvgIpc) is 2.01. The maximum Gasteiger partial charge on any atom is 0.277 e. The molecule has 0 spiro atoms. The molecule has 1 rings (SSSR count). The van der Waals surface area contributed by atoms with Crippen LogP contribution in [0, 0.1) is 0 Å². The van der Waals surface area contributed by atoms with Crippen molar-refractivity contribution in [3.8, 4) is 0 Å². The van der Waals surface area contributed by atoms with Gasteiger partial charge >= 0.3 is 0 Å². The lowest BCUT2D eigenvalue weighted by molar-refractivity contribution is 1.76. The van der Waals surface area contributed by atoms with Crippen LogP contribution >= 0.6 is 66.5 Å². The van der Waals surface area contributed by atoms with Gasteiger partial charge in [0, 0.05) is 4.79 Å². The SMILES string of the molecule is Cl[Si](Cl)C1[Si](Cl)(Cl)C=C[Si]1(Cl)Cl. The summed E-state index contributed by atoms with van der Waals surface area (Å²) >= 11 is 35.8. The minimum absolute atomic E-state index is 0.245. The zero-order valence-corrected chi connectivity index (χ0v) is 13.0. The predicted octanol–water partition coefficient (Wildman–Crippen LogP) is 3.89. The first kappa shape index (κ1) is 12.2. The first-order valence-corrected chi connectivity index (χ1v) is 14.9. The lowest BCUT2D eigenvalue weighted by Gasteiger charge is -2.24. The molecule has 0 aromatic heterocycles. The van der Waals surface area contributed by atoms with Crippen molar-refractivity contribution in [2.24, 2.45) is 0 Å². The topological polar surface area (TPSA) is 0 Å². The lowest BCUT2D eigenvalue weighted by Crippen LogP contribution is -2.40. The molecule has 0 unspecified atom stereocenters. The summed E-state index contributed by atoms with van der Waals surface area (Å²) in [6.45, 7) is -5.05. The van der Waals surface area contributed by atoms with Crippen molar-refractivity contribution in [2.45, 2.75) is 4.79 Å². The molecule has 0 nitrogen and oxygen atoms in total. The van der Waals surface area contributed by atoms with Crippen LogP contribution < -0.4 is 0 Å². The van der Waals surface area contributed by atoms with Gasteiger partial charge in [-0.25, -0.2) is 0 Å². The van der Waals surface area contributed by atoms with Crippen LogP contribution in [0.3, 0.4) is 0 Å². The molecule has 0 aromatic carbocycles. The van der Waals surface area contributed by atoms with Crippen molar-refractivity contribution in [2.75, 3.05) is 0 Å². The van der Waals surface area contributed by atoms with E-state index in [1.165, 1.54) is 0 Å². The molecule has 0 amide bonds. The van der Waals surface area contributed by atoms with Crippen LogP contribution in [-0.4, -0.2) is 20.8 Å². The molecule has 0 fully saturated rings. The van der Waals surface area contributed by atoms with Crippen molar-refractivity contribution < 1.29 is 0 Å². The second-order valence-electron chi connectivity index (χ2n) is 2.41. The molecule has 1 aliphatic rings. The minimum Gasteiger partial charge on any atom is -0.147 e. The van der Waals surface area contributed by atoms with Gasteiger partial charge in [0.15, 0.2) is 0 Å². The van der Waals surface area contributed by atoms with E-state index in [9.17, 15) is 0 Å². The Morgan fingerprint density at radius 1 is 0.917 bits per heavy atom. The van der Waals surface area contributed by atoms with Crippen LogP contribution in [0.4, 0.5) is 0 Å². The minimum atomic E-state index is -2.52. The number of halogens is 6. The van der Waals surface area contributed by atoms with E-state index in [1.807, 2.05) is 0 Å². The van der Waals surface area contributed by atoms with Crippen LogP contribution in [0.25, 0.3) is 0 Å². The summed E-state index contributed by atoms with van der Waals surface area (Å²) < 4.78 is 0. The Balaban J connectivity index is 2.95. The smallest absolute Gasteiger partial charge is 0.147 e. The monoisotopic (exact) mass is 333 g/mol. The quantitative estimate of drug-likeness (QED) is 0.504. The Bertz CT molecular complexity index is 194. The standard InChI is InChI=1S/C3H3Cl6Si3/c4-10(5)3-11(6,7)1-2-12(3,8)9/h1-3H. The summed E-state index contributed by atoms with van der Waals surface area (Å²) in [4.78, 5) is -0.245. The van der Waals surface area contributed by atoms with E-state index in [0.717, 1.165) is 0 Å². The van der Waals surface area contributed by atoms with E-state index in [0.29, 0.717) is 0 Å². The maximum absolute atomic E-state index is 6.05. The van der Waals surface area contributed by atoms with Crippen molar-refractivity contribution in [1.82, 2.24) is 0 Å². The second-order valence-corrected chi connectivity index (χ2v) is 21.5. The molecule has 1 aliphatic heterocycles. The second kappa shape index (κ2) is 3.95. The van der Waals surface area contributed by atoms with Gasteiger partial charge in [-0.1, -0.05) is 11.4 Å². The molecule has 69 valence electrons. The highest BCUT2D eigenvalue weighted by molar-refractivity contribution is 7.68. The molecule has 12 heavy (non-hydrogen) atoms. The molecule has 1 radical (unpaired) electrons. The third kappa shape index (κ3) is 2.38. The molecule has 1 heterocycles. The summed E-state index contributed by atoms with van der Waals surface area (Å²) in [5.74, 6) is 0. The van der Waals surface area contributed by atoms with Gasteiger partial charge in [0.2, 0.25) is 0 Å². The summed E-state index contributed by atoms with van der Waals surface area (Å²) in [5.41, 5.74) is 3.42. The first-order chi connectivity index (χ1) is 5.27. The molecule has 0 aromatic rings. The number of hydrogen-bond donors (Lipinski definition) is 0. The van der Waals surface area contributed by atoms with Crippen molar-refractivity contribution >= 4 is 87.3 Å². The van der Waals surface area contributed by atoms with Gasteiger partial charge in [-0.15, -0.1) is 66.5 Å². The molecule has 0 N–H and O–H groups in total. The van der Waals surface area contributed by atoms with Crippen molar-refractivity contribution in [1.29, 1.82) is 0 Å². The van der Waals surface area contributed by atoms with Crippen LogP contribution in [0.5, 0.6) is 0 Å². The fraction of sp³-hybridized carbons (Fsp3) is 0.333. The Kier molecular flexibility index (Phi) is 4.01. The fourth-order valence-corrected chi connectivity index (χ4v) is 33.3. The summed E-state index contributed by atoms with van der Waals surface area (Å²) in [6, 6.07) is 0. The van der Waals surface area contributed by atoms with Gasteiger partial charge in [0.1, 0.15) is 0 Å². The average molecular weight is 336 g/mol. The zero-order chi connectivity index (χ0) is 9.57. The maximum atomic E-state index is 6.05. The van der Waals surface area contributed by atoms with E-state index in [-0.39, 0.29) is 4.79 Å². The van der Waals surface area contributed by atoms with E-state index in [4.69, 9.17) is 66.5 Å². The Morgan fingerprint density at radius 2 is 1.25 bits per heavy atom. The normalized spacial score (nSPS) is 26.9. The summed E-state index contributed by atoms with van der Waals surface area (Å²) in [6.07, 6.45) is 0. The van der Waals surface area contributed by atoms with E-state index in [1.54, 1.807) is 11.4 Å². The summed E-state index contributed by atoms with van der Waals surface area (Å²) in [7, 11) is -1.65. The van der Waals surface area contributed by atoms with E-state index < -0.39 is 20.8 Å². The third-order valence-corrected chi connectivity index (χ3v) is 24.3. The molecule has 0 aliphatic carbocycles. The zero-order valence-electron chi connectivity index (χ0n) is 5.50. The van der Waals surface area contributed by atoms with Gasteiger partial charge in [0.05, 0.1) is 0 Å². The highest BCUT2D eigenvalue weighted by Gasteiger charge is 2.58. The highest BCUT2D eigenvalue weighted by Crippen LogP contribution is 2.51. The first-order valence-electron chi connectivity index (χ1n) is 2.91. The van der Waals surface area contributed by atoms with Gasteiger partial charge in [-0.05, 0) is 0 Å². The van der Waals surface area contributed by atoms with Crippen LogP contribution in [-0.2, 0) is 0 Å². The molecular weight excluding hydrogens is 333 g/mol. The molecule has 9 heteroatoms. The number of rotatable bonds is 1. The molecule has 0 atom stereocenters. The predicted molar refractivity (Wildman–Crippen MR) is 65.3 cm³/mol. The van der Waals surface area contributed by atoms with Crippen LogP contribution in [0.2, 0.25) is 4.79 Å². The van der Waals surface area contributed by atoms with E-state index >= 15 is 0 Å². The van der Waals surface area contributed by atoms with Gasteiger partial charge in [-0.2, -0.15) is 0 Å². The lowest BCUT2D eigenvalue weighted by atomic mass is 11.2. The third-order valence-electron chi connectivity index (χ3n) is 1.52. The highest BCUT2D eigenvalue weighted by atomic mass is 35.7. The number of hydrogen-bond acceptors (Lipinski definition) is 0. The van der Waals surface area contributed by atoms with Crippen LogP contribution in [0.15, 0.2) is 11.4 Å². The molecular formula is C3H3Cl6Si3. The van der Waals surface area contributed by atoms with Crippen molar-refractivity contribution in [3.05, 3.63) is 11.4 Å². The van der Waals surface area contributed by atoms with Gasteiger partial charge < -0.3 is 0 Å². The summed E-state index contributed by atoms with van der Waals surface area (Å²) in [5, 5.41) is 0. The van der Waals surface area contributed by atoms with Gasteiger partial charge in [0.25, 0.3) is 20.8 Å². The Morgan fingerprint density at radius 3 is 1.42 bits per heavy atom. The molecule has 0 saturated heterocycles. The molecule has 0 saturated carbocycles. The Hall–Kier alpha value is 2.13. The Labute approximate surface area is 103 Å². The van der Waals surface area contributed by atoms with Crippen LogP contribution in [0.1, 0.15) is 0 Å². The van der Waals surface area contributed by atoms with Crippen molar-refractivity contribution in [3.63, 3.8) is 0 Å². The van der Waals surface area contributed by atoms with E-state index in [2.05, 4.69) is 0 Å². The fourth-order valence-electron chi connectivity index (χ4n) is 0.962. The largest absolute Gasteiger partial charge is 0.277 e. The molecule has 0 bridgehead atoms.